The van der Waals surface area contributed by atoms with Crippen molar-refractivity contribution in [2.45, 2.75) is 18.9 Å². The Morgan fingerprint density at radius 1 is 1.38 bits per heavy atom. The van der Waals surface area contributed by atoms with Crippen LogP contribution in [0.2, 0.25) is 10.0 Å². The number of ether oxygens (including phenoxy) is 1. The fourth-order valence-electron chi connectivity index (χ4n) is 1.29. The molecule has 0 spiro atoms. The molecule has 0 aromatic heterocycles. The van der Waals surface area contributed by atoms with Crippen LogP contribution in [-0.4, -0.2) is 12.7 Å². The molecule has 13 heavy (non-hydrogen) atoms. The van der Waals surface area contributed by atoms with E-state index in [1.165, 1.54) is 0 Å². The second kappa shape index (κ2) is 3.87. The SMILES string of the molecule is Clc1ccc(Cl)c(CCC2CO2)c1. The number of epoxide rings is 1. The lowest BCUT2D eigenvalue weighted by Crippen LogP contribution is -1.92. The van der Waals surface area contributed by atoms with Gasteiger partial charge in [-0.2, -0.15) is 0 Å². The van der Waals surface area contributed by atoms with E-state index in [0.717, 1.165) is 35.1 Å². The molecule has 0 radical (unpaired) electrons. The minimum absolute atomic E-state index is 0.454. The summed E-state index contributed by atoms with van der Waals surface area (Å²) >= 11 is 11.9. The molecule has 70 valence electrons. The predicted molar refractivity (Wildman–Crippen MR) is 54.5 cm³/mol. The summed E-state index contributed by atoms with van der Waals surface area (Å²) in [5.74, 6) is 0. The van der Waals surface area contributed by atoms with E-state index >= 15 is 0 Å². The predicted octanol–water partition coefficient (Wildman–Crippen LogP) is 3.32. The topological polar surface area (TPSA) is 12.5 Å². The molecule has 0 N–H and O–H groups in total. The van der Waals surface area contributed by atoms with Crippen LogP contribution in [0.3, 0.4) is 0 Å². The van der Waals surface area contributed by atoms with Gasteiger partial charge in [-0.15, -0.1) is 0 Å². The van der Waals surface area contributed by atoms with Gasteiger partial charge in [-0.3, -0.25) is 0 Å². The summed E-state index contributed by atoms with van der Waals surface area (Å²) in [5.41, 5.74) is 1.12. The van der Waals surface area contributed by atoms with Crippen molar-refractivity contribution in [3.8, 4) is 0 Å². The van der Waals surface area contributed by atoms with Gasteiger partial charge in [0.2, 0.25) is 0 Å². The first-order valence-corrected chi connectivity index (χ1v) is 5.07. The van der Waals surface area contributed by atoms with Crippen molar-refractivity contribution in [2.75, 3.05) is 6.61 Å². The van der Waals surface area contributed by atoms with Crippen molar-refractivity contribution >= 4 is 23.2 Å². The molecule has 1 aromatic carbocycles. The highest BCUT2D eigenvalue weighted by molar-refractivity contribution is 6.33. The van der Waals surface area contributed by atoms with Crippen LogP contribution in [0.1, 0.15) is 12.0 Å². The van der Waals surface area contributed by atoms with Crippen molar-refractivity contribution in [1.82, 2.24) is 0 Å². The van der Waals surface area contributed by atoms with Crippen molar-refractivity contribution in [2.24, 2.45) is 0 Å². The third kappa shape index (κ3) is 2.60. The number of hydrogen-bond acceptors (Lipinski definition) is 1. The van der Waals surface area contributed by atoms with Gasteiger partial charge in [0.05, 0.1) is 12.7 Å². The van der Waals surface area contributed by atoms with E-state index < -0.39 is 0 Å². The summed E-state index contributed by atoms with van der Waals surface area (Å²) in [6.07, 6.45) is 2.44. The Balaban J connectivity index is 2.03. The largest absolute Gasteiger partial charge is 0.373 e. The van der Waals surface area contributed by atoms with Crippen LogP contribution in [0.5, 0.6) is 0 Å². The lowest BCUT2D eigenvalue weighted by molar-refractivity contribution is 0.397. The molecular formula is C10H10Cl2O. The van der Waals surface area contributed by atoms with Crippen molar-refractivity contribution in [1.29, 1.82) is 0 Å². The second-order valence-electron chi connectivity index (χ2n) is 3.23. The molecular weight excluding hydrogens is 207 g/mol. The first-order valence-electron chi connectivity index (χ1n) is 4.31. The molecule has 1 atom stereocenters. The molecule has 1 aliphatic rings. The van der Waals surface area contributed by atoms with E-state index in [9.17, 15) is 0 Å². The second-order valence-corrected chi connectivity index (χ2v) is 4.07. The van der Waals surface area contributed by atoms with Crippen molar-refractivity contribution in [3.05, 3.63) is 33.8 Å². The number of halogens is 2. The van der Waals surface area contributed by atoms with Crippen LogP contribution in [-0.2, 0) is 11.2 Å². The molecule has 1 fully saturated rings. The van der Waals surface area contributed by atoms with Crippen molar-refractivity contribution in [3.63, 3.8) is 0 Å². The standard InChI is InChI=1S/C10H10Cl2O/c11-8-2-4-10(12)7(5-8)1-3-9-6-13-9/h2,4-5,9H,1,3,6H2. The zero-order chi connectivity index (χ0) is 9.26. The van der Waals surface area contributed by atoms with E-state index in [4.69, 9.17) is 27.9 Å². The lowest BCUT2D eigenvalue weighted by Gasteiger charge is -2.02. The van der Waals surface area contributed by atoms with E-state index in [1.54, 1.807) is 6.07 Å². The molecule has 1 aliphatic heterocycles. The van der Waals surface area contributed by atoms with Crippen LogP contribution in [0.4, 0.5) is 0 Å². The van der Waals surface area contributed by atoms with Crippen molar-refractivity contribution < 1.29 is 4.74 Å². The molecule has 1 aromatic rings. The third-order valence-electron chi connectivity index (χ3n) is 2.15. The Morgan fingerprint density at radius 2 is 2.15 bits per heavy atom. The summed E-state index contributed by atoms with van der Waals surface area (Å²) < 4.78 is 5.12. The van der Waals surface area contributed by atoms with Gasteiger partial charge in [-0.25, -0.2) is 0 Å². The Bertz CT molecular complexity index is 308. The first kappa shape index (κ1) is 9.32. The summed E-state index contributed by atoms with van der Waals surface area (Å²) in [7, 11) is 0. The highest BCUT2D eigenvalue weighted by Gasteiger charge is 2.21. The average molecular weight is 217 g/mol. The lowest BCUT2D eigenvalue weighted by atomic mass is 10.1. The fourth-order valence-corrected chi connectivity index (χ4v) is 1.69. The average Bonchev–Trinajstić information content (AvgIpc) is 2.90. The number of aryl methyl sites for hydroxylation is 1. The summed E-state index contributed by atoms with van der Waals surface area (Å²) in [5, 5.41) is 1.54. The van der Waals surface area contributed by atoms with Crippen LogP contribution in [0.15, 0.2) is 18.2 Å². The number of benzene rings is 1. The summed E-state index contributed by atoms with van der Waals surface area (Å²) in [4.78, 5) is 0. The molecule has 3 heteroatoms. The van der Waals surface area contributed by atoms with E-state index in [1.807, 2.05) is 12.1 Å². The minimum Gasteiger partial charge on any atom is -0.373 e. The first-order chi connectivity index (χ1) is 6.25. The fraction of sp³-hybridized carbons (Fsp3) is 0.400. The third-order valence-corrected chi connectivity index (χ3v) is 2.75. The highest BCUT2D eigenvalue weighted by atomic mass is 35.5. The highest BCUT2D eigenvalue weighted by Crippen LogP contribution is 2.24. The number of hydrogen-bond donors (Lipinski definition) is 0. The molecule has 1 unspecified atom stereocenters. The zero-order valence-corrected chi connectivity index (χ0v) is 8.61. The Kier molecular flexibility index (Phi) is 2.77. The van der Waals surface area contributed by atoms with Crippen LogP contribution >= 0.6 is 23.2 Å². The molecule has 1 nitrogen and oxygen atoms in total. The molecule has 0 aliphatic carbocycles. The van der Waals surface area contributed by atoms with Gasteiger partial charge in [-0.05, 0) is 36.6 Å². The monoisotopic (exact) mass is 216 g/mol. The molecule has 1 heterocycles. The molecule has 0 bridgehead atoms. The van der Waals surface area contributed by atoms with Gasteiger partial charge in [0.15, 0.2) is 0 Å². The number of rotatable bonds is 3. The quantitative estimate of drug-likeness (QED) is 0.707. The van der Waals surface area contributed by atoms with Gasteiger partial charge >= 0.3 is 0 Å². The smallest absolute Gasteiger partial charge is 0.0813 e. The summed E-state index contributed by atoms with van der Waals surface area (Å²) in [6.45, 7) is 0.901. The van der Waals surface area contributed by atoms with Gasteiger partial charge in [0, 0.05) is 10.0 Å². The zero-order valence-electron chi connectivity index (χ0n) is 7.09. The molecule has 2 rings (SSSR count). The molecule has 0 amide bonds. The van der Waals surface area contributed by atoms with Crippen LogP contribution in [0, 0.1) is 0 Å². The van der Waals surface area contributed by atoms with E-state index in [0.29, 0.717) is 6.10 Å². The van der Waals surface area contributed by atoms with Crippen LogP contribution < -0.4 is 0 Å². The summed E-state index contributed by atoms with van der Waals surface area (Å²) in [6, 6.07) is 5.57. The van der Waals surface area contributed by atoms with Gasteiger partial charge in [0.1, 0.15) is 0 Å². The van der Waals surface area contributed by atoms with E-state index in [2.05, 4.69) is 0 Å². The maximum absolute atomic E-state index is 6.00. The molecule has 1 saturated heterocycles. The molecule has 0 saturated carbocycles. The Labute approximate surface area is 87.6 Å². The van der Waals surface area contributed by atoms with Crippen LogP contribution in [0.25, 0.3) is 0 Å². The maximum Gasteiger partial charge on any atom is 0.0813 e. The van der Waals surface area contributed by atoms with Gasteiger partial charge < -0.3 is 4.74 Å². The van der Waals surface area contributed by atoms with Gasteiger partial charge in [-0.1, -0.05) is 23.2 Å². The van der Waals surface area contributed by atoms with Gasteiger partial charge in [0.25, 0.3) is 0 Å². The Hall–Kier alpha value is -0.240. The van der Waals surface area contributed by atoms with E-state index in [-0.39, 0.29) is 0 Å². The normalized spacial score (nSPS) is 20.3. The maximum atomic E-state index is 6.00. The Morgan fingerprint density at radius 3 is 2.85 bits per heavy atom. The minimum atomic E-state index is 0.454.